The highest BCUT2D eigenvalue weighted by atomic mass is 19.1. The molecule has 1 aliphatic heterocycles. The molecule has 1 N–H and O–H groups in total. The minimum Gasteiger partial charge on any atom is -0.338 e. The molecule has 0 unspecified atom stereocenters. The lowest BCUT2D eigenvalue weighted by Crippen LogP contribution is -2.44. The molecule has 2 heterocycles. The Hall–Kier alpha value is -2.01. The molecule has 5 heteroatoms. The van der Waals surface area contributed by atoms with Gasteiger partial charge in [-0.05, 0) is 49.9 Å². The third-order valence-corrected chi connectivity index (χ3v) is 4.69. The molecule has 23 heavy (non-hydrogen) atoms. The van der Waals surface area contributed by atoms with Crippen LogP contribution in [0.5, 0.6) is 0 Å². The summed E-state index contributed by atoms with van der Waals surface area (Å²) in [7, 11) is 0. The number of nitrogens with one attached hydrogen (secondary N) is 1. The highest BCUT2D eigenvalue weighted by Gasteiger charge is 2.22. The first-order chi connectivity index (χ1) is 11.3. The lowest BCUT2D eigenvalue weighted by atomic mass is 9.92. The number of aromatic nitrogens is 2. The van der Waals surface area contributed by atoms with Gasteiger partial charge in [-0.1, -0.05) is 0 Å². The average molecular weight is 312 g/mol. The molecule has 1 fully saturated rings. The number of rotatable bonds is 2. The van der Waals surface area contributed by atoms with Crippen LogP contribution in [-0.2, 0) is 12.8 Å². The number of anilines is 1. The van der Waals surface area contributed by atoms with E-state index >= 15 is 0 Å². The summed E-state index contributed by atoms with van der Waals surface area (Å²) in [6.45, 7) is 3.79. The summed E-state index contributed by atoms with van der Waals surface area (Å²) in [6.07, 6.45) is 4.40. The summed E-state index contributed by atoms with van der Waals surface area (Å²) in [5, 5.41) is 3.36. The summed E-state index contributed by atoms with van der Waals surface area (Å²) >= 11 is 0. The first kappa shape index (κ1) is 14.6. The zero-order valence-electron chi connectivity index (χ0n) is 13.2. The van der Waals surface area contributed by atoms with Crippen molar-refractivity contribution in [3.05, 3.63) is 41.3 Å². The van der Waals surface area contributed by atoms with E-state index in [2.05, 4.69) is 10.2 Å². The van der Waals surface area contributed by atoms with Crippen molar-refractivity contribution in [1.29, 1.82) is 0 Å². The predicted molar refractivity (Wildman–Crippen MR) is 89.2 cm³/mol. The molecule has 0 bridgehead atoms. The Kier molecular flexibility index (Phi) is 3.95. The van der Waals surface area contributed by atoms with Crippen LogP contribution in [0.3, 0.4) is 0 Å². The fourth-order valence-electron chi connectivity index (χ4n) is 3.43. The summed E-state index contributed by atoms with van der Waals surface area (Å²) < 4.78 is 13.3. The normalized spacial score (nSPS) is 17.9. The van der Waals surface area contributed by atoms with Gasteiger partial charge in [-0.25, -0.2) is 14.4 Å². The molecule has 1 saturated heterocycles. The van der Waals surface area contributed by atoms with Crippen LogP contribution in [0.15, 0.2) is 24.3 Å². The molecule has 0 atom stereocenters. The molecule has 4 rings (SSSR count). The summed E-state index contributed by atoms with van der Waals surface area (Å²) in [5.74, 6) is 0.616. The van der Waals surface area contributed by atoms with Crippen molar-refractivity contribution in [3.8, 4) is 11.3 Å². The molecule has 1 aromatic carbocycles. The van der Waals surface area contributed by atoms with E-state index in [1.54, 1.807) is 0 Å². The van der Waals surface area contributed by atoms with Crippen LogP contribution < -0.4 is 10.2 Å². The van der Waals surface area contributed by atoms with Crippen LogP contribution in [0.1, 0.15) is 24.1 Å². The molecule has 2 aromatic rings. The van der Waals surface area contributed by atoms with Crippen LogP contribution in [0.4, 0.5) is 10.3 Å². The van der Waals surface area contributed by atoms with Crippen LogP contribution in [0.2, 0.25) is 0 Å². The van der Waals surface area contributed by atoms with Gasteiger partial charge in [0.1, 0.15) is 5.82 Å². The Morgan fingerprint density at radius 2 is 1.70 bits per heavy atom. The van der Waals surface area contributed by atoms with Crippen LogP contribution >= 0.6 is 0 Å². The first-order valence-corrected chi connectivity index (χ1v) is 8.43. The van der Waals surface area contributed by atoms with Gasteiger partial charge in [-0.3, -0.25) is 0 Å². The van der Waals surface area contributed by atoms with Gasteiger partial charge in [0.2, 0.25) is 5.95 Å². The van der Waals surface area contributed by atoms with Crippen molar-refractivity contribution in [1.82, 2.24) is 15.3 Å². The molecule has 0 radical (unpaired) electrons. The SMILES string of the molecule is Fc1ccc(-c2nc(N3CCNCC3)nc3c2CCCC3)cc1. The van der Waals surface area contributed by atoms with E-state index in [0.717, 1.165) is 56.2 Å². The lowest BCUT2D eigenvalue weighted by molar-refractivity contribution is 0.575. The van der Waals surface area contributed by atoms with Crippen molar-refractivity contribution in [2.24, 2.45) is 0 Å². The highest BCUT2D eigenvalue weighted by molar-refractivity contribution is 5.66. The summed E-state index contributed by atoms with van der Waals surface area (Å²) in [4.78, 5) is 12.0. The molecule has 1 aliphatic carbocycles. The molecule has 0 amide bonds. The lowest BCUT2D eigenvalue weighted by Gasteiger charge is -2.29. The van der Waals surface area contributed by atoms with Crippen molar-refractivity contribution < 1.29 is 4.39 Å². The molecule has 4 nitrogen and oxygen atoms in total. The quantitative estimate of drug-likeness (QED) is 0.925. The van der Waals surface area contributed by atoms with Crippen molar-refractivity contribution in [3.63, 3.8) is 0 Å². The van der Waals surface area contributed by atoms with E-state index in [1.807, 2.05) is 12.1 Å². The molecule has 1 aromatic heterocycles. The van der Waals surface area contributed by atoms with E-state index < -0.39 is 0 Å². The third-order valence-electron chi connectivity index (χ3n) is 4.69. The maximum Gasteiger partial charge on any atom is 0.226 e. The van der Waals surface area contributed by atoms with E-state index in [1.165, 1.54) is 36.2 Å². The maximum atomic E-state index is 13.3. The van der Waals surface area contributed by atoms with Crippen molar-refractivity contribution in [2.45, 2.75) is 25.7 Å². The van der Waals surface area contributed by atoms with Gasteiger partial charge >= 0.3 is 0 Å². The molecule has 120 valence electrons. The fraction of sp³-hybridized carbons (Fsp3) is 0.444. The Bertz CT molecular complexity index is 693. The van der Waals surface area contributed by atoms with E-state index in [-0.39, 0.29) is 5.82 Å². The van der Waals surface area contributed by atoms with Gasteiger partial charge in [0.15, 0.2) is 0 Å². The number of hydrogen-bond donors (Lipinski definition) is 1. The molecular weight excluding hydrogens is 291 g/mol. The van der Waals surface area contributed by atoms with Gasteiger partial charge in [0.05, 0.1) is 5.69 Å². The predicted octanol–water partition coefficient (Wildman–Crippen LogP) is 2.57. The molecule has 0 spiro atoms. The van der Waals surface area contributed by atoms with Gasteiger partial charge in [-0.15, -0.1) is 0 Å². The summed E-state index contributed by atoms with van der Waals surface area (Å²) in [5.41, 5.74) is 4.41. The minimum atomic E-state index is -0.209. The van der Waals surface area contributed by atoms with Crippen molar-refractivity contribution >= 4 is 5.95 Å². The number of halogens is 1. The van der Waals surface area contributed by atoms with Crippen LogP contribution in [-0.4, -0.2) is 36.1 Å². The molecule has 2 aliphatic rings. The number of nitrogens with zero attached hydrogens (tertiary/aromatic N) is 3. The molecular formula is C18H21FN4. The van der Waals surface area contributed by atoms with Gasteiger partial charge in [0, 0.05) is 43.0 Å². The second kappa shape index (κ2) is 6.24. The topological polar surface area (TPSA) is 41.1 Å². The van der Waals surface area contributed by atoms with Gasteiger partial charge in [-0.2, -0.15) is 0 Å². The Balaban J connectivity index is 1.80. The minimum absolute atomic E-state index is 0.209. The fourth-order valence-corrected chi connectivity index (χ4v) is 3.43. The average Bonchev–Trinajstić information content (AvgIpc) is 2.62. The Labute approximate surface area is 135 Å². The van der Waals surface area contributed by atoms with Crippen molar-refractivity contribution in [2.75, 3.05) is 31.1 Å². The van der Waals surface area contributed by atoms with Gasteiger partial charge in [0.25, 0.3) is 0 Å². The second-order valence-corrected chi connectivity index (χ2v) is 6.25. The largest absolute Gasteiger partial charge is 0.338 e. The first-order valence-electron chi connectivity index (χ1n) is 8.43. The van der Waals surface area contributed by atoms with Crippen LogP contribution in [0.25, 0.3) is 11.3 Å². The Morgan fingerprint density at radius 1 is 0.957 bits per heavy atom. The smallest absolute Gasteiger partial charge is 0.226 e. The molecule has 0 saturated carbocycles. The third kappa shape index (κ3) is 2.93. The number of piperazine rings is 1. The Morgan fingerprint density at radius 3 is 2.48 bits per heavy atom. The zero-order chi connectivity index (χ0) is 15.6. The number of hydrogen-bond acceptors (Lipinski definition) is 4. The second-order valence-electron chi connectivity index (χ2n) is 6.25. The summed E-state index contributed by atoms with van der Waals surface area (Å²) in [6, 6.07) is 6.68. The number of fused-ring (bicyclic) bond motifs is 1. The van der Waals surface area contributed by atoms with Crippen LogP contribution in [0, 0.1) is 5.82 Å². The standard InChI is InChI=1S/C18H21FN4/c19-14-7-5-13(6-8-14)17-15-3-1-2-4-16(15)21-18(22-17)23-11-9-20-10-12-23/h5-8,20H,1-4,9-12H2. The highest BCUT2D eigenvalue weighted by Crippen LogP contribution is 2.31. The zero-order valence-corrected chi connectivity index (χ0v) is 13.2. The van der Waals surface area contributed by atoms with E-state index in [9.17, 15) is 4.39 Å². The maximum absolute atomic E-state index is 13.3. The number of aryl methyl sites for hydroxylation is 1. The number of benzene rings is 1. The van der Waals surface area contributed by atoms with E-state index in [4.69, 9.17) is 9.97 Å². The van der Waals surface area contributed by atoms with Gasteiger partial charge < -0.3 is 10.2 Å². The van der Waals surface area contributed by atoms with E-state index in [0.29, 0.717) is 0 Å². The monoisotopic (exact) mass is 312 g/mol.